The third kappa shape index (κ3) is 6.85. The van der Waals surface area contributed by atoms with E-state index in [9.17, 15) is 0 Å². The number of nitrogens with zero attached hydrogens (tertiary/aromatic N) is 2. The first-order valence-corrected chi connectivity index (χ1v) is 25.1. The van der Waals surface area contributed by atoms with E-state index >= 15 is 0 Å². The van der Waals surface area contributed by atoms with Gasteiger partial charge in [0, 0.05) is 31.5 Å². The molecule has 0 saturated heterocycles. The third-order valence-electron chi connectivity index (χ3n) is 14.4. The van der Waals surface area contributed by atoms with E-state index in [0.717, 1.165) is 34.2 Å². The van der Waals surface area contributed by atoms with Crippen molar-refractivity contribution in [1.82, 2.24) is 9.13 Å². The van der Waals surface area contributed by atoms with Crippen molar-refractivity contribution in [3.63, 3.8) is 0 Å². The summed E-state index contributed by atoms with van der Waals surface area (Å²) in [5.41, 5.74) is 16.3. The third-order valence-corrected chi connectivity index (χ3v) is 15.5. The van der Waals surface area contributed by atoms with E-state index in [1.165, 1.54) is 97.0 Å². The highest BCUT2D eigenvalue weighted by Crippen LogP contribution is 2.50. The van der Waals surface area contributed by atoms with Crippen LogP contribution in [-0.4, -0.2) is 9.13 Å². The van der Waals surface area contributed by atoms with E-state index in [-0.39, 0.29) is 0 Å². The molecule has 14 aromatic rings. The molecule has 0 aliphatic rings. The monoisotopic (exact) mass is 920 g/mol. The van der Waals surface area contributed by atoms with E-state index in [2.05, 4.69) is 276 Å². The van der Waals surface area contributed by atoms with Gasteiger partial charge in [-0.25, -0.2) is 0 Å². The van der Waals surface area contributed by atoms with Crippen LogP contribution in [0.15, 0.2) is 267 Å². The highest BCUT2D eigenvalue weighted by Gasteiger charge is 2.24. The Morgan fingerprint density at radius 2 is 0.704 bits per heavy atom. The van der Waals surface area contributed by atoms with Crippen LogP contribution in [0.3, 0.4) is 0 Å². The fourth-order valence-corrected chi connectivity index (χ4v) is 12.3. The lowest BCUT2D eigenvalue weighted by Crippen LogP contribution is -2.02. The Hall–Kier alpha value is -9.02. The molecule has 332 valence electrons. The highest BCUT2D eigenvalue weighted by atomic mass is 32.1. The number of hydrogen-bond donors (Lipinski definition) is 0. The van der Waals surface area contributed by atoms with Crippen molar-refractivity contribution in [2.45, 2.75) is 0 Å². The van der Waals surface area contributed by atoms with Gasteiger partial charge in [-0.2, -0.15) is 0 Å². The van der Waals surface area contributed by atoms with Gasteiger partial charge in [-0.15, -0.1) is 11.3 Å². The minimum Gasteiger partial charge on any atom is -0.309 e. The summed E-state index contributed by atoms with van der Waals surface area (Å²) in [7, 11) is 0. The van der Waals surface area contributed by atoms with E-state index in [0.29, 0.717) is 0 Å². The first kappa shape index (κ1) is 41.0. The smallest absolute Gasteiger partial charge is 0.0535 e. The molecule has 14 rings (SSSR count). The second-order valence-electron chi connectivity index (χ2n) is 18.4. The predicted octanol–water partition coefficient (Wildman–Crippen LogP) is 19.1. The van der Waals surface area contributed by atoms with E-state index in [4.69, 9.17) is 0 Å². The average Bonchev–Trinajstić information content (AvgIpc) is 4.20. The van der Waals surface area contributed by atoms with Crippen molar-refractivity contribution in [3.8, 4) is 78.7 Å². The van der Waals surface area contributed by atoms with Crippen LogP contribution in [-0.2, 0) is 0 Å². The Balaban J connectivity index is 1.14. The maximum Gasteiger partial charge on any atom is 0.0535 e. The zero-order valence-electron chi connectivity index (χ0n) is 38.7. The lowest BCUT2D eigenvalue weighted by molar-refractivity contribution is 1.10. The molecule has 11 aromatic carbocycles. The van der Waals surface area contributed by atoms with Gasteiger partial charge in [0.25, 0.3) is 0 Å². The molecule has 0 amide bonds. The standard InChI is InChI=1S/C68H44N2S/c1-5-19-46(20-6-1)60-38-39-61(47-21-7-2-8-22-47)69(60)52-35-37-55-58(43-52)66(51-33-32-45-18-13-14-27-50(45)42-51)54-36-34-53(70-62(48-23-9-3-10-24-48)40-41-63(70)49-25-11-4-12-26-49)44-59(54)67(55)57-29-17-31-65-68(57)56-28-15-16-30-64(56)71-65/h1-44H. The molecule has 0 fully saturated rings. The van der Waals surface area contributed by atoms with Gasteiger partial charge < -0.3 is 9.13 Å². The Bertz CT molecular complexity index is 4200. The first-order valence-electron chi connectivity index (χ1n) is 24.3. The molecule has 0 spiro atoms. The van der Waals surface area contributed by atoms with Crippen LogP contribution in [0.5, 0.6) is 0 Å². The van der Waals surface area contributed by atoms with Gasteiger partial charge in [0.15, 0.2) is 0 Å². The van der Waals surface area contributed by atoms with Crippen LogP contribution in [0.1, 0.15) is 0 Å². The lowest BCUT2D eigenvalue weighted by Gasteiger charge is -2.22. The summed E-state index contributed by atoms with van der Waals surface area (Å²) in [5.74, 6) is 0. The summed E-state index contributed by atoms with van der Waals surface area (Å²) in [4.78, 5) is 0. The molecule has 0 bridgehead atoms. The molecule has 2 nitrogen and oxygen atoms in total. The molecule has 0 atom stereocenters. The molecular weight excluding hydrogens is 877 g/mol. The number of rotatable bonds is 8. The van der Waals surface area contributed by atoms with Crippen molar-refractivity contribution in [2.75, 3.05) is 0 Å². The van der Waals surface area contributed by atoms with Crippen LogP contribution in [0.4, 0.5) is 0 Å². The molecule has 3 aromatic heterocycles. The Morgan fingerprint density at radius 3 is 1.25 bits per heavy atom. The molecule has 3 heteroatoms. The second-order valence-corrected chi connectivity index (χ2v) is 19.5. The quantitative estimate of drug-likeness (QED) is 0.134. The van der Waals surface area contributed by atoms with Crippen molar-refractivity contribution >= 4 is 63.8 Å². The van der Waals surface area contributed by atoms with E-state index < -0.39 is 0 Å². The Kier molecular flexibility index (Phi) is 9.75. The van der Waals surface area contributed by atoms with Gasteiger partial charge in [-0.05, 0) is 144 Å². The summed E-state index contributed by atoms with van der Waals surface area (Å²) in [5, 5.41) is 9.83. The number of fused-ring (bicyclic) bond motifs is 6. The zero-order valence-corrected chi connectivity index (χ0v) is 39.5. The molecule has 3 heterocycles. The zero-order chi connectivity index (χ0) is 46.8. The van der Waals surface area contributed by atoms with Crippen LogP contribution >= 0.6 is 11.3 Å². The van der Waals surface area contributed by atoms with Crippen molar-refractivity contribution < 1.29 is 0 Å². The highest BCUT2D eigenvalue weighted by molar-refractivity contribution is 7.26. The first-order chi connectivity index (χ1) is 35.2. The fraction of sp³-hybridized carbons (Fsp3) is 0. The maximum absolute atomic E-state index is 2.47. The number of benzene rings is 11. The van der Waals surface area contributed by atoms with Gasteiger partial charge in [0.2, 0.25) is 0 Å². The molecule has 0 aliphatic carbocycles. The molecule has 0 aliphatic heterocycles. The lowest BCUT2D eigenvalue weighted by atomic mass is 9.84. The minimum atomic E-state index is 1.11. The summed E-state index contributed by atoms with van der Waals surface area (Å²) in [6.45, 7) is 0. The Labute approximate surface area is 416 Å². The van der Waals surface area contributed by atoms with Crippen LogP contribution < -0.4 is 0 Å². The molecule has 0 saturated carbocycles. The predicted molar refractivity (Wildman–Crippen MR) is 303 cm³/mol. The summed E-state index contributed by atoms with van der Waals surface area (Å²) in [6, 6.07) is 98.3. The van der Waals surface area contributed by atoms with Gasteiger partial charge >= 0.3 is 0 Å². The van der Waals surface area contributed by atoms with E-state index in [1.807, 2.05) is 11.3 Å². The maximum atomic E-state index is 2.47. The molecule has 71 heavy (non-hydrogen) atoms. The van der Waals surface area contributed by atoms with Crippen molar-refractivity contribution in [2.24, 2.45) is 0 Å². The molecule has 0 radical (unpaired) electrons. The topological polar surface area (TPSA) is 9.86 Å². The van der Waals surface area contributed by atoms with Gasteiger partial charge in [-0.1, -0.05) is 200 Å². The fourth-order valence-electron chi connectivity index (χ4n) is 11.2. The molecule has 0 unspecified atom stereocenters. The largest absolute Gasteiger partial charge is 0.309 e. The van der Waals surface area contributed by atoms with Crippen molar-refractivity contribution in [1.29, 1.82) is 0 Å². The van der Waals surface area contributed by atoms with Crippen molar-refractivity contribution in [3.05, 3.63) is 267 Å². The van der Waals surface area contributed by atoms with Gasteiger partial charge in [0.05, 0.1) is 22.8 Å². The number of thiophene rings is 1. The summed E-state index contributed by atoms with van der Waals surface area (Å²) >= 11 is 1.87. The molecular formula is C68H44N2S. The van der Waals surface area contributed by atoms with Crippen LogP contribution in [0.25, 0.3) is 131 Å². The SMILES string of the molecule is c1ccc(-c2ccc(-c3ccccc3)n2-c2ccc3c(-c4cccc5sc6ccccc6c45)c4cc(-n5c(-c6ccccc6)ccc5-c5ccccc5)ccc4c(-c4ccc5ccccc5c4)c3c2)cc1. The van der Waals surface area contributed by atoms with Crippen LogP contribution in [0.2, 0.25) is 0 Å². The van der Waals surface area contributed by atoms with Gasteiger partial charge in [0.1, 0.15) is 0 Å². The van der Waals surface area contributed by atoms with Crippen LogP contribution in [0, 0.1) is 0 Å². The average molecular weight is 921 g/mol. The summed E-state index contributed by atoms with van der Waals surface area (Å²) in [6.07, 6.45) is 0. The molecule has 0 N–H and O–H groups in total. The normalized spacial score (nSPS) is 11.7. The summed E-state index contributed by atoms with van der Waals surface area (Å²) < 4.78 is 7.49. The van der Waals surface area contributed by atoms with E-state index in [1.54, 1.807) is 0 Å². The number of aromatic nitrogens is 2. The Morgan fingerprint density at radius 1 is 0.254 bits per heavy atom. The minimum absolute atomic E-state index is 1.11. The number of hydrogen-bond acceptors (Lipinski definition) is 1. The second kappa shape index (κ2) is 16.9. The van der Waals surface area contributed by atoms with Gasteiger partial charge in [-0.3, -0.25) is 0 Å².